The molecule has 5 heteroatoms. The van der Waals surface area contributed by atoms with Crippen LogP contribution in [-0.2, 0) is 0 Å². The Morgan fingerprint density at radius 2 is 1.88 bits per heavy atom. The van der Waals surface area contributed by atoms with Crippen LogP contribution in [0.4, 0.5) is 13.2 Å². The predicted octanol–water partition coefficient (Wildman–Crippen LogP) is 2.42. The average molecular weight is 239 g/mol. The highest BCUT2D eigenvalue weighted by atomic mass is 19.4. The van der Waals surface area contributed by atoms with E-state index in [1.807, 2.05) is 0 Å². The highest BCUT2D eigenvalue weighted by Gasteiger charge is 2.40. The molecule has 16 heavy (non-hydrogen) atoms. The standard InChI is InChI=1S/C11H20F3NO/c1-9(16)3-2-6-15-7-4-10(5-8-15)11(12,13)14/h9-10,16H,2-8H2,1H3. The monoisotopic (exact) mass is 239 g/mol. The fourth-order valence-electron chi connectivity index (χ4n) is 2.09. The molecule has 0 aromatic rings. The van der Waals surface area contributed by atoms with Gasteiger partial charge in [-0.25, -0.2) is 0 Å². The van der Waals surface area contributed by atoms with Crippen LogP contribution in [0.1, 0.15) is 32.6 Å². The van der Waals surface area contributed by atoms with Crippen molar-refractivity contribution < 1.29 is 18.3 Å². The second-order valence-electron chi connectivity index (χ2n) is 4.65. The molecule has 0 aromatic carbocycles. The molecule has 1 fully saturated rings. The molecule has 0 bridgehead atoms. The predicted molar refractivity (Wildman–Crippen MR) is 56.1 cm³/mol. The molecule has 1 atom stereocenters. The fourth-order valence-corrected chi connectivity index (χ4v) is 2.09. The second-order valence-corrected chi connectivity index (χ2v) is 4.65. The summed E-state index contributed by atoms with van der Waals surface area (Å²) in [7, 11) is 0. The molecule has 1 rings (SSSR count). The van der Waals surface area contributed by atoms with Gasteiger partial charge in [0.2, 0.25) is 0 Å². The lowest BCUT2D eigenvalue weighted by Crippen LogP contribution is -2.39. The Bertz CT molecular complexity index is 198. The molecule has 0 saturated carbocycles. The van der Waals surface area contributed by atoms with E-state index in [1.54, 1.807) is 6.92 Å². The number of piperidine rings is 1. The van der Waals surface area contributed by atoms with E-state index in [0.29, 0.717) is 13.1 Å². The highest BCUT2D eigenvalue weighted by Crippen LogP contribution is 2.34. The third-order valence-corrected chi connectivity index (χ3v) is 3.15. The Balaban J connectivity index is 2.17. The Morgan fingerprint density at radius 3 is 2.31 bits per heavy atom. The van der Waals surface area contributed by atoms with Crippen LogP contribution in [0.15, 0.2) is 0 Å². The van der Waals surface area contributed by atoms with Gasteiger partial charge in [-0.1, -0.05) is 0 Å². The Morgan fingerprint density at radius 1 is 1.31 bits per heavy atom. The average Bonchev–Trinajstić information content (AvgIpc) is 2.16. The van der Waals surface area contributed by atoms with Crippen molar-refractivity contribution in [2.45, 2.75) is 44.9 Å². The van der Waals surface area contributed by atoms with E-state index in [0.717, 1.165) is 19.4 Å². The van der Waals surface area contributed by atoms with Crippen LogP contribution in [0.2, 0.25) is 0 Å². The summed E-state index contributed by atoms with van der Waals surface area (Å²) in [4.78, 5) is 2.06. The van der Waals surface area contributed by atoms with Crippen LogP contribution >= 0.6 is 0 Å². The van der Waals surface area contributed by atoms with E-state index in [2.05, 4.69) is 4.90 Å². The zero-order valence-corrected chi connectivity index (χ0v) is 9.63. The van der Waals surface area contributed by atoms with Crippen molar-refractivity contribution in [3.63, 3.8) is 0 Å². The number of nitrogens with zero attached hydrogens (tertiary/aromatic N) is 1. The first kappa shape index (κ1) is 13.8. The van der Waals surface area contributed by atoms with Crippen LogP contribution in [-0.4, -0.2) is 41.9 Å². The molecule has 96 valence electrons. The van der Waals surface area contributed by atoms with Crippen molar-refractivity contribution in [3.05, 3.63) is 0 Å². The Labute approximate surface area is 94.4 Å². The van der Waals surface area contributed by atoms with Gasteiger partial charge in [-0.15, -0.1) is 0 Å². The molecule has 1 aliphatic rings. The minimum absolute atomic E-state index is 0.220. The normalized spacial score (nSPS) is 22.3. The number of rotatable bonds is 4. The van der Waals surface area contributed by atoms with Gasteiger partial charge in [-0.3, -0.25) is 0 Å². The third-order valence-electron chi connectivity index (χ3n) is 3.15. The summed E-state index contributed by atoms with van der Waals surface area (Å²) in [6.45, 7) is 3.60. The van der Waals surface area contributed by atoms with E-state index < -0.39 is 12.1 Å². The number of hydrogen-bond acceptors (Lipinski definition) is 2. The van der Waals surface area contributed by atoms with Gasteiger partial charge in [0.1, 0.15) is 0 Å². The zero-order chi connectivity index (χ0) is 12.2. The largest absolute Gasteiger partial charge is 0.393 e. The molecule has 0 aromatic heterocycles. The summed E-state index contributed by atoms with van der Waals surface area (Å²) < 4.78 is 37.1. The van der Waals surface area contributed by atoms with E-state index in [-0.39, 0.29) is 18.9 Å². The minimum atomic E-state index is -4.02. The summed E-state index contributed by atoms with van der Waals surface area (Å²) in [6.07, 6.45) is -2.32. The van der Waals surface area contributed by atoms with Gasteiger partial charge in [0.25, 0.3) is 0 Å². The van der Waals surface area contributed by atoms with E-state index in [9.17, 15) is 13.2 Å². The number of aliphatic hydroxyl groups is 1. The summed E-state index contributed by atoms with van der Waals surface area (Å²) in [5.41, 5.74) is 0. The fraction of sp³-hybridized carbons (Fsp3) is 1.00. The number of likely N-dealkylation sites (tertiary alicyclic amines) is 1. The lowest BCUT2D eigenvalue weighted by atomic mass is 9.96. The van der Waals surface area contributed by atoms with Gasteiger partial charge in [-0.05, 0) is 52.2 Å². The second kappa shape index (κ2) is 5.87. The van der Waals surface area contributed by atoms with Crippen LogP contribution in [0.3, 0.4) is 0 Å². The van der Waals surface area contributed by atoms with Gasteiger partial charge in [0, 0.05) is 0 Å². The number of alkyl halides is 3. The van der Waals surface area contributed by atoms with Crippen molar-refractivity contribution in [1.82, 2.24) is 4.90 Å². The molecular weight excluding hydrogens is 219 g/mol. The lowest BCUT2D eigenvalue weighted by Gasteiger charge is -2.32. The highest BCUT2D eigenvalue weighted by molar-refractivity contribution is 4.77. The number of aliphatic hydroxyl groups excluding tert-OH is 1. The molecule has 2 nitrogen and oxygen atoms in total. The van der Waals surface area contributed by atoms with Crippen LogP contribution in [0, 0.1) is 5.92 Å². The maximum absolute atomic E-state index is 12.4. The minimum Gasteiger partial charge on any atom is -0.393 e. The molecule has 0 spiro atoms. The van der Waals surface area contributed by atoms with Crippen LogP contribution in [0.5, 0.6) is 0 Å². The Hall–Kier alpha value is -0.290. The van der Waals surface area contributed by atoms with Gasteiger partial charge < -0.3 is 10.0 Å². The van der Waals surface area contributed by atoms with Crippen molar-refractivity contribution in [3.8, 4) is 0 Å². The third kappa shape index (κ3) is 4.70. The van der Waals surface area contributed by atoms with Crippen molar-refractivity contribution >= 4 is 0 Å². The molecule has 0 amide bonds. The molecule has 1 heterocycles. The van der Waals surface area contributed by atoms with Crippen molar-refractivity contribution in [1.29, 1.82) is 0 Å². The maximum Gasteiger partial charge on any atom is 0.391 e. The van der Waals surface area contributed by atoms with Crippen LogP contribution in [0.25, 0.3) is 0 Å². The smallest absolute Gasteiger partial charge is 0.391 e. The first-order chi connectivity index (χ1) is 7.39. The van der Waals surface area contributed by atoms with E-state index in [1.165, 1.54) is 0 Å². The van der Waals surface area contributed by atoms with Gasteiger partial charge in [0.15, 0.2) is 0 Å². The maximum atomic E-state index is 12.4. The number of halogens is 3. The SMILES string of the molecule is CC(O)CCCN1CCC(C(F)(F)F)CC1. The van der Waals surface area contributed by atoms with Gasteiger partial charge >= 0.3 is 6.18 Å². The molecule has 0 aliphatic carbocycles. The topological polar surface area (TPSA) is 23.5 Å². The number of hydrogen-bond donors (Lipinski definition) is 1. The van der Waals surface area contributed by atoms with E-state index >= 15 is 0 Å². The lowest BCUT2D eigenvalue weighted by molar-refractivity contribution is -0.185. The quantitative estimate of drug-likeness (QED) is 0.814. The molecular formula is C11H20F3NO. The van der Waals surface area contributed by atoms with Crippen LogP contribution < -0.4 is 0 Å². The molecule has 1 N–H and O–H groups in total. The summed E-state index contributed by atoms with van der Waals surface area (Å²) in [6, 6.07) is 0. The van der Waals surface area contributed by atoms with Gasteiger partial charge in [-0.2, -0.15) is 13.2 Å². The summed E-state index contributed by atoms with van der Waals surface area (Å²) >= 11 is 0. The summed E-state index contributed by atoms with van der Waals surface area (Å²) in [5.74, 6) is -1.11. The molecule has 0 radical (unpaired) electrons. The first-order valence-corrected chi connectivity index (χ1v) is 5.86. The Kier molecular flexibility index (Phi) is 5.05. The van der Waals surface area contributed by atoms with Gasteiger partial charge in [0.05, 0.1) is 12.0 Å². The van der Waals surface area contributed by atoms with Crippen molar-refractivity contribution in [2.75, 3.05) is 19.6 Å². The molecule has 1 saturated heterocycles. The van der Waals surface area contributed by atoms with E-state index in [4.69, 9.17) is 5.11 Å². The molecule has 1 unspecified atom stereocenters. The summed E-state index contributed by atoms with van der Waals surface area (Å²) in [5, 5.41) is 9.06. The van der Waals surface area contributed by atoms with Crippen molar-refractivity contribution in [2.24, 2.45) is 5.92 Å². The molecule has 1 aliphatic heterocycles. The zero-order valence-electron chi connectivity index (χ0n) is 9.63. The first-order valence-electron chi connectivity index (χ1n) is 5.86.